The second kappa shape index (κ2) is 8.10. The Morgan fingerprint density at radius 2 is 1.86 bits per heavy atom. The van der Waals surface area contributed by atoms with Gasteiger partial charge in [-0.3, -0.25) is 9.10 Å². The summed E-state index contributed by atoms with van der Waals surface area (Å²) in [6, 6.07) is 10.2. The van der Waals surface area contributed by atoms with Gasteiger partial charge in [-0.1, -0.05) is 6.07 Å². The minimum Gasteiger partial charge on any atom is -0.497 e. The van der Waals surface area contributed by atoms with Gasteiger partial charge in [0.15, 0.2) is 0 Å². The van der Waals surface area contributed by atoms with Crippen molar-refractivity contribution in [2.75, 3.05) is 36.1 Å². The maximum absolute atomic E-state index is 12.8. The number of amides is 1. The summed E-state index contributed by atoms with van der Waals surface area (Å²) in [6.07, 6.45) is 1.47. The Labute approximate surface area is 165 Å². The first-order valence-corrected chi connectivity index (χ1v) is 10.6. The van der Waals surface area contributed by atoms with Gasteiger partial charge >= 0.3 is 0 Å². The maximum atomic E-state index is 12.8. The molecular weight excluding hydrogens is 380 g/mol. The first-order chi connectivity index (χ1) is 13.4. The molecule has 1 heterocycles. The van der Waals surface area contributed by atoms with Crippen molar-refractivity contribution in [3.63, 3.8) is 0 Å². The minimum atomic E-state index is -3.35. The van der Waals surface area contributed by atoms with Crippen LogP contribution in [0.25, 0.3) is 0 Å². The number of carbonyl (C=O) groups excluding carboxylic acids is 1. The summed E-state index contributed by atoms with van der Waals surface area (Å²) >= 11 is 0. The van der Waals surface area contributed by atoms with E-state index >= 15 is 0 Å². The van der Waals surface area contributed by atoms with Crippen LogP contribution in [-0.2, 0) is 10.0 Å². The molecule has 2 aromatic carbocycles. The van der Waals surface area contributed by atoms with Gasteiger partial charge in [0.05, 0.1) is 31.3 Å². The van der Waals surface area contributed by atoms with Gasteiger partial charge in [0.1, 0.15) is 11.5 Å². The summed E-state index contributed by atoms with van der Waals surface area (Å²) in [7, 11) is -0.290. The Balaban J connectivity index is 1.89. The molecule has 8 heteroatoms. The summed E-state index contributed by atoms with van der Waals surface area (Å²) in [6.45, 7) is 2.27. The Hall–Kier alpha value is -2.74. The molecule has 150 valence electrons. The summed E-state index contributed by atoms with van der Waals surface area (Å²) < 4.78 is 36.8. The lowest BCUT2D eigenvalue weighted by molar-refractivity contribution is 0.102. The number of methoxy groups -OCH3 is 2. The highest BCUT2D eigenvalue weighted by molar-refractivity contribution is 7.92. The van der Waals surface area contributed by atoms with Crippen LogP contribution in [0.5, 0.6) is 11.5 Å². The highest BCUT2D eigenvalue weighted by Gasteiger charge is 2.27. The quantitative estimate of drug-likeness (QED) is 0.827. The van der Waals surface area contributed by atoms with Crippen molar-refractivity contribution in [1.82, 2.24) is 0 Å². The predicted molar refractivity (Wildman–Crippen MR) is 109 cm³/mol. The van der Waals surface area contributed by atoms with Crippen molar-refractivity contribution in [3.8, 4) is 11.5 Å². The van der Waals surface area contributed by atoms with E-state index in [2.05, 4.69) is 5.32 Å². The van der Waals surface area contributed by atoms with Crippen LogP contribution in [0.3, 0.4) is 0 Å². The molecule has 0 bridgehead atoms. The number of aryl methyl sites for hydroxylation is 1. The van der Waals surface area contributed by atoms with E-state index in [-0.39, 0.29) is 11.7 Å². The van der Waals surface area contributed by atoms with Crippen LogP contribution in [-0.4, -0.2) is 40.8 Å². The van der Waals surface area contributed by atoms with Crippen LogP contribution in [0.2, 0.25) is 0 Å². The number of rotatable bonds is 5. The molecule has 3 rings (SSSR count). The largest absolute Gasteiger partial charge is 0.497 e. The topological polar surface area (TPSA) is 84.9 Å². The predicted octanol–water partition coefficient (Wildman–Crippen LogP) is 3.19. The fourth-order valence-corrected chi connectivity index (χ4v) is 4.87. The molecule has 7 nitrogen and oxygen atoms in total. The molecule has 0 saturated carbocycles. The third-order valence-corrected chi connectivity index (χ3v) is 6.60. The van der Waals surface area contributed by atoms with Gasteiger partial charge in [0.25, 0.3) is 5.91 Å². The van der Waals surface area contributed by atoms with E-state index < -0.39 is 10.0 Å². The second-order valence-corrected chi connectivity index (χ2v) is 8.63. The van der Waals surface area contributed by atoms with E-state index in [9.17, 15) is 13.2 Å². The zero-order valence-corrected chi connectivity index (χ0v) is 17.0. The number of hydrogen-bond donors (Lipinski definition) is 1. The van der Waals surface area contributed by atoms with Gasteiger partial charge < -0.3 is 14.8 Å². The van der Waals surface area contributed by atoms with E-state index in [4.69, 9.17) is 9.47 Å². The first-order valence-electron chi connectivity index (χ1n) is 9.00. The Kier molecular flexibility index (Phi) is 5.79. The van der Waals surface area contributed by atoms with Crippen LogP contribution < -0.4 is 19.1 Å². The molecule has 0 radical (unpaired) electrons. The van der Waals surface area contributed by atoms with Crippen molar-refractivity contribution in [1.29, 1.82) is 0 Å². The van der Waals surface area contributed by atoms with Crippen molar-refractivity contribution in [2.45, 2.75) is 19.8 Å². The third-order valence-electron chi connectivity index (χ3n) is 4.75. The second-order valence-electron chi connectivity index (χ2n) is 6.62. The highest BCUT2D eigenvalue weighted by atomic mass is 32.2. The van der Waals surface area contributed by atoms with E-state index in [0.29, 0.717) is 41.4 Å². The van der Waals surface area contributed by atoms with Crippen molar-refractivity contribution < 1.29 is 22.7 Å². The molecule has 0 aromatic heterocycles. The maximum Gasteiger partial charge on any atom is 0.255 e. The fraction of sp³-hybridized carbons (Fsp3) is 0.350. The lowest BCUT2D eigenvalue weighted by atomic mass is 10.1. The third kappa shape index (κ3) is 4.06. The van der Waals surface area contributed by atoms with Gasteiger partial charge in [-0.05, 0) is 49.6 Å². The molecule has 0 atom stereocenters. The number of hydrogen-bond acceptors (Lipinski definition) is 5. The van der Waals surface area contributed by atoms with Gasteiger partial charge in [0.2, 0.25) is 10.0 Å². The van der Waals surface area contributed by atoms with Crippen molar-refractivity contribution in [3.05, 3.63) is 47.5 Å². The highest BCUT2D eigenvalue weighted by Crippen LogP contribution is 2.31. The molecule has 1 aliphatic heterocycles. The summed E-state index contributed by atoms with van der Waals surface area (Å²) in [5.41, 5.74) is 2.23. The molecular formula is C20H24N2O5S. The van der Waals surface area contributed by atoms with E-state index in [1.54, 1.807) is 43.5 Å². The molecule has 1 fully saturated rings. The Morgan fingerprint density at radius 1 is 1.07 bits per heavy atom. The molecule has 1 aliphatic rings. The van der Waals surface area contributed by atoms with Gasteiger partial charge in [-0.15, -0.1) is 0 Å². The van der Waals surface area contributed by atoms with Crippen LogP contribution in [0, 0.1) is 6.92 Å². The lowest BCUT2D eigenvalue weighted by Gasteiger charge is -2.29. The zero-order chi connectivity index (χ0) is 20.3. The van der Waals surface area contributed by atoms with Gasteiger partial charge in [0, 0.05) is 18.2 Å². The average molecular weight is 404 g/mol. The number of ether oxygens (including phenoxy) is 2. The van der Waals surface area contributed by atoms with E-state index in [0.717, 1.165) is 12.0 Å². The molecule has 1 N–H and O–H groups in total. The van der Waals surface area contributed by atoms with Crippen LogP contribution >= 0.6 is 0 Å². The number of carbonyl (C=O) groups is 1. The smallest absolute Gasteiger partial charge is 0.255 e. The summed E-state index contributed by atoms with van der Waals surface area (Å²) in [5, 5.41) is 2.81. The normalized spacial score (nSPS) is 15.8. The standard InChI is InChI=1S/C20H24N2O5S/c1-14-6-7-15(12-18(14)22-10-4-5-11-28(22,24)25)20(23)21-17-9-8-16(26-2)13-19(17)27-3/h6-9,12-13H,4-5,10-11H2,1-3H3,(H,21,23). The molecule has 0 spiro atoms. The van der Waals surface area contributed by atoms with Crippen LogP contribution in [0.1, 0.15) is 28.8 Å². The molecule has 2 aromatic rings. The Bertz CT molecular complexity index is 988. The lowest BCUT2D eigenvalue weighted by Crippen LogP contribution is -2.38. The molecule has 0 aliphatic carbocycles. The Morgan fingerprint density at radius 3 is 2.54 bits per heavy atom. The van der Waals surface area contributed by atoms with E-state index in [1.165, 1.54) is 11.4 Å². The number of nitrogens with zero attached hydrogens (tertiary/aromatic N) is 1. The zero-order valence-electron chi connectivity index (χ0n) is 16.2. The number of anilines is 2. The minimum absolute atomic E-state index is 0.131. The summed E-state index contributed by atoms with van der Waals surface area (Å²) in [5.74, 6) is 0.867. The number of nitrogens with one attached hydrogen (secondary N) is 1. The van der Waals surface area contributed by atoms with Crippen molar-refractivity contribution >= 4 is 27.3 Å². The number of benzene rings is 2. The monoisotopic (exact) mass is 404 g/mol. The van der Waals surface area contributed by atoms with Crippen molar-refractivity contribution in [2.24, 2.45) is 0 Å². The van der Waals surface area contributed by atoms with Crippen LogP contribution in [0.15, 0.2) is 36.4 Å². The average Bonchev–Trinajstić information content (AvgIpc) is 2.68. The molecule has 0 unspecified atom stereocenters. The molecule has 1 saturated heterocycles. The van der Waals surface area contributed by atoms with Crippen LogP contribution in [0.4, 0.5) is 11.4 Å². The van der Waals surface area contributed by atoms with Gasteiger partial charge in [-0.2, -0.15) is 0 Å². The first kappa shape index (κ1) is 20.0. The number of sulfonamides is 1. The summed E-state index contributed by atoms with van der Waals surface area (Å²) in [4.78, 5) is 12.8. The van der Waals surface area contributed by atoms with Gasteiger partial charge in [-0.25, -0.2) is 8.42 Å². The molecule has 1 amide bonds. The molecule has 28 heavy (non-hydrogen) atoms. The van der Waals surface area contributed by atoms with E-state index in [1.807, 2.05) is 6.92 Å². The SMILES string of the molecule is COc1ccc(NC(=O)c2ccc(C)c(N3CCCCS3(=O)=O)c2)c(OC)c1. The fourth-order valence-electron chi connectivity index (χ4n) is 3.18.